The Balaban J connectivity index is 2.35. The van der Waals surface area contributed by atoms with Crippen LogP contribution in [0.3, 0.4) is 0 Å². The van der Waals surface area contributed by atoms with E-state index in [0.717, 1.165) is 0 Å². The molecule has 5 nitrogen and oxygen atoms in total. The second kappa shape index (κ2) is 5.44. The summed E-state index contributed by atoms with van der Waals surface area (Å²) in [5.41, 5.74) is 0. The van der Waals surface area contributed by atoms with Gasteiger partial charge in [0.25, 0.3) is 0 Å². The third kappa shape index (κ3) is 3.44. The SMILES string of the molecule is CCOC(=O)CC(C)N1CC(O)C(O)C1. The topological polar surface area (TPSA) is 70.0 Å². The Morgan fingerprint density at radius 1 is 1.47 bits per heavy atom. The molecule has 15 heavy (non-hydrogen) atoms. The highest BCUT2D eigenvalue weighted by atomic mass is 16.5. The maximum absolute atomic E-state index is 11.2. The molecule has 88 valence electrons. The molecule has 1 heterocycles. The summed E-state index contributed by atoms with van der Waals surface area (Å²) in [6.45, 7) is 4.88. The highest BCUT2D eigenvalue weighted by molar-refractivity contribution is 5.70. The van der Waals surface area contributed by atoms with Crippen molar-refractivity contribution >= 4 is 5.97 Å². The number of nitrogens with zero attached hydrogens (tertiary/aromatic N) is 1. The van der Waals surface area contributed by atoms with Crippen LogP contribution in [0, 0.1) is 0 Å². The van der Waals surface area contributed by atoms with Crippen LogP contribution in [0.4, 0.5) is 0 Å². The smallest absolute Gasteiger partial charge is 0.307 e. The number of esters is 1. The zero-order valence-corrected chi connectivity index (χ0v) is 9.22. The van der Waals surface area contributed by atoms with Gasteiger partial charge in [-0.2, -0.15) is 0 Å². The van der Waals surface area contributed by atoms with Crippen LogP contribution in [0.5, 0.6) is 0 Å². The van der Waals surface area contributed by atoms with Crippen LogP contribution in [0.1, 0.15) is 20.3 Å². The first kappa shape index (κ1) is 12.4. The van der Waals surface area contributed by atoms with Crippen LogP contribution in [-0.2, 0) is 9.53 Å². The molecule has 3 unspecified atom stereocenters. The molecular weight excluding hydrogens is 198 g/mol. The van der Waals surface area contributed by atoms with Gasteiger partial charge in [0.2, 0.25) is 0 Å². The fraction of sp³-hybridized carbons (Fsp3) is 0.900. The molecule has 1 fully saturated rings. The predicted molar refractivity (Wildman–Crippen MR) is 54.3 cm³/mol. The molecule has 0 amide bonds. The molecular formula is C10H19NO4. The van der Waals surface area contributed by atoms with Crippen molar-refractivity contribution in [2.45, 2.75) is 38.5 Å². The van der Waals surface area contributed by atoms with Crippen molar-refractivity contribution in [3.05, 3.63) is 0 Å². The Morgan fingerprint density at radius 3 is 2.47 bits per heavy atom. The summed E-state index contributed by atoms with van der Waals surface area (Å²) in [6.07, 6.45) is -1.10. The Labute approximate surface area is 89.6 Å². The number of aliphatic hydroxyl groups is 2. The highest BCUT2D eigenvalue weighted by Gasteiger charge is 2.32. The molecule has 1 saturated heterocycles. The monoisotopic (exact) mass is 217 g/mol. The zero-order chi connectivity index (χ0) is 11.4. The minimum absolute atomic E-state index is 0.00384. The number of carbonyl (C=O) groups is 1. The largest absolute Gasteiger partial charge is 0.466 e. The maximum atomic E-state index is 11.2. The van der Waals surface area contributed by atoms with Crippen LogP contribution < -0.4 is 0 Å². The summed E-state index contributed by atoms with van der Waals surface area (Å²) in [4.78, 5) is 13.1. The van der Waals surface area contributed by atoms with Gasteiger partial charge in [0.1, 0.15) is 0 Å². The van der Waals surface area contributed by atoms with E-state index in [4.69, 9.17) is 4.74 Å². The number of β-amino-alcohol motifs (C(OH)–C–C–N with tert-alkyl or cyclic N) is 2. The number of likely N-dealkylation sites (tertiary alicyclic amines) is 1. The van der Waals surface area contributed by atoms with Crippen LogP contribution in [-0.4, -0.2) is 59.0 Å². The van der Waals surface area contributed by atoms with Crippen molar-refractivity contribution < 1.29 is 19.7 Å². The number of ether oxygens (including phenoxy) is 1. The highest BCUT2D eigenvalue weighted by Crippen LogP contribution is 2.15. The lowest BCUT2D eigenvalue weighted by atomic mass is 10.2. The van der Waals surface area contributed by atoms with Gasteiger partial charge in [-0.1, -0.05) is 0 Å². The van der Waals surface area contributed by atoms with E-state index < -0.39 is 12.2 Å². The molecule has 0 radical (unpaired) electrons. The molecule has 0 aromatic heterocycles. The average molecular weight is 217 g/mol. The lowest BCUT2D eigenvalue weighted by molar-refractivity contribution is -0.144. The summed E-state index contributed by atoms with van der Waals surface area (Å²) < 4.78 is 4.84. The quantitative estimate of drug-likeness (QED) is 0.613. The number of carbonyl (C=O) groups excluding carboxylic acids is 1. The Hall–Kier alpha value is -0.650. The zero-order valence-electron chi connectivity index (χ0n) is 9.22. The summed E-state index contributed by atoms with van der Waals surface area (Å²) in [6, 6.07) is -0.00384. The Morgan fingerprint density at radius 2 is 2.00 bits per heavy atom. The van der Waals surface area contributed by atoms with E-state index in [2.05, 4.69) is 0 Å². The number of hydrogen-bond acceptors (Lipinski definition) is 5. The number of rotatable bonds is 4. The number of aliphatic hydroxyl groups excluding tert-OH is 2. The molecule has 1 rings (SSSR count). The van der Waals surface area contributed by atoms with Gasteiger partial charge in [0, 0.05) is 19.1 Å². The lowest BCUT2D eigenvalue weighted by Gasteiger charge is -2.22. The molecule has 0 aliphatic carbocycles. The molecule has 0 aromatic carbocycles. The third-order valence-electron chi connectivity index (χ3n) is 2.68. The van der Waals surface area contributed by atoms with Gasteiger partial charge >= 0.3 is 5.97 Å². The average Bonchev–Trinajstić information content (AvgIpc) is 2.47. The van der Waals surface area contributed by atoms with E-state index in [0.29, 0.717) is 26.1 Å². The third-order valence-corrected chi connectivity index (χ3v) is 2.68. The molecule has 0 bridgehead atoms. The van der Waals surface area contributed by atoms with Gasteiger partial charge in [-0.15, -0.1) is 0 Å². The van der Waals surface area contributed by atoms with Crippen LogP contribution >= 0.6 is 0 Å². The molecule has 0 spiro atoms. The van der Waals surface area contributed by atoms with E-state index in [9.17, 15) is 15.0 Å². The first-order valence-corrected chi connectivity index (χ1v) is 5.30. The summed E-state index contributed by atoms with van der Waals surface area (Å²) in [5.74, 6) is -0.235. The molecule has 2 N–H and O–H groups in total. The minimum atomic E-state index is -0.699. The maximum Gasteiger partial charge on any atom is 0.307 e. The number of hydrogen-bond donors (Lipinski definition) is 2. The lowest BCUT2D eigenvalue weighted by Crippen LogP contribution is -2.34. The van der Waals surface area contributed by atoms with Crippen LogP contribution in [0.15, 0.2) is 0 Å². The van der Waals surface area contributed by atoms with E-state index in [-0.39, 0.29) is 12.0 Å². The van der Waals surface area contributed by atoms with Crippen LogP contribution in [0.2, 0.25) is 0 Å². The van der Waals surface area contributed by atoms with E-state index in [1.807, 2.05) is 11.8 Å². The van der Waals surface area contributed by atoms with Crippen molar-refractivity contribution in [2.24, 2.45) is 0 Å². The Kier molecular flexibility index (Phi) is 4.50. The van der Waals surface area contributed by atoms with Gasteiger partial charge in [-0.25, -0.2) is 0 Å². The van der Waals surface area contributed by atoms with E-state index in [1.165, 1.54) is 0 Å². The fourth-order valence-electron chi connectivity index (χ4n) is 1.75. The standard InChI is InChI=1S/C10H19NO4/c1-3-15-10(14)4-7(2)11-5-8(12)9(13)6-11/h7-9,12-13H,3-6H2,1-2H3. The normalized spacial score (nSPS) is 29.1. The van der Waals surface area contributed by atoms with Crippen molar-refractivity contribution in [1.29, 1.82) is 0 Å². The van der Waals surface area contributed by atoms with Crippen LogP contribution in [0.25, 0.3) is 0 Å². The van der Waals surface area contributed by atoms with Crippen molar-refractivity contribution in [3.8, 4) is 0 Å². The summed E-state index contributed by atoms with van der Waals surface area (Å²) >= 11 is 0. The second-order valence-corrected chi connectivity index (χ2v) is 3.95. The van der Waals surface area contributed by atoms with Gasteiger partial charge in [0.15, 0.2) is 0 Å². The molecule has 0 saturated carbocycles. The minimum Gasteiger partial charge on any atom is -0.466 e. The van der Waals surface area contributed by atoms with Crippen molar-refractivity contribution in [2.75, 3.05) is 19.7 Å². The molecule has 1 aliphatic heterocycles. The molecule has 3 atom stereocenters. The van der Waals surface area contributed by atoms with E-state index in [1.54, 1.807) is 6.92 Å². The fourth-order valence-corrected chi connectivity index (χ4v) is 1.75. The van der Waals surface area contributed by atoms with Crippen molar-refractivity contribution in [3.63, 3.8) is 0 Å². The van der Waals surface area contributed by atoms with Crippen molar-refractivity contribution in [1.82, 2.24) is 4.90 Å². The first-order chi connectivity index (χ1) is 7.04. The molecule has 1 aliphatic rings. The predicted octanol–water partition coefficient (Wildman–Crippen LogP) is -0.635. The summed E-state index contributed by atoms with van der Waals surface area (Å²) in [5, 5.41) is 18.7. The first-order valence-electron chi connectivity index (χ1n) is 5.30. The van der Waals surface area contributed by atoms with Gasteiger partial charge in [0.05, 0.1) is 25.2 Å². The van der Waals surface area contributed by atoms with Gasteiger partial charge in [-0.3, -0.25) is 9.69 Å². The molecule has 5 heteroatoms. The Bertz CT molecular complexity index is 211. The van der Waals surface area contributed by atoms with E-state index >= 15 is 0 Å². The molecule has 0 aromatic rings. The van der Waals surface area contributed by atoms with Gasteiger partial charge < -0.3 is 14.9 Å². The van der Waals surface area contributed by atoms with Gasteiger partial charge in [-0.05, 0) is 13.8 Å². The summed E-state index contributed by atoms with van der Waals surface area (Å²) in [7, 11) is 0. The second-order valence-electron chi connectivity index (χ2n) is 3.95.